The second-order valence-electron chi connectivity index (χ2n) is 8.82. The molecule has 2 aromatic rings. The number of hydrogen-bond donors (Lipinski definition) is 0. The van der Waals surface area contributed by atoms with Gasteiger partial charge in [-0.1, -0.05) is 12.1 Å². The lowest BCUT2D eigenvalue weighted by molar-refractivity contribution is 0.00578. The quantitative estimate of drug-likeness (QED) is 0.795. The third kappa shape index (κ3) is 2.41. The van der Waals surface area contributed by atoms with Crippen LogP contribution in [0.1, 0.15) is 58.9 Å². The number of rotatable bonds is 3. The molecule has 0 unspecified atom stereocenters. The molecule has 4 rings (SSSR count). The number of nitrogens with zero attached hydrogens (tertiary/aromatic N) is 3. The molecule has 0 spiro atoms. The minimum Gasteiger partial charge on any atom is -0.398 e. The molecule has 1 aliphatic heterocycles. The fraction of sp³-hybridized carbons (Fsp3) is 0.600. The first-order chi connectivity index (χ1) is 12.2. The van der Waals surface area contributed by atoms with E-state index in [1.54, 1.807) is 0 Å². The molecule has 0 atom stereocenters. The van der Waals surface area contributed by atoms with Gasteiger partial charge in [0.2, 0.25) is 0 Å². The second-order valence-corrected chi connectivity index (χ2v) is 8.82. The van der Waals surface area contributed by atoms with E-state index >= 15 is 0 Å². The van der Waals surface area contributed by atoms with Gasteiger partial charge in [-0.3, -0.25) is 4.68 Å². The van der Waals surface area contributed by atoms with Gasteiger partial charge < -0.3 is 9.31 Å². The fourth-order valence-electron chi connectivity index (χ4n) is 3.93. The molecule has 2 heterocycles. The Kier molecular flexibility index (Phi) is 3.77. The average molecular weight is 351 g/mol. The van der Waals surface area contributed by atoms with E-state index in [9.17, 15) is 5.26 Å². The molecule has 2 fully saturated rings. The van der Waals surface area contributed by atoms with Crippen molar-refractivity contribution in [3.8, 4) is 6.07 Å². The summed E-state index contributed by atoms with van der Waals surface area (Å²) in [6.45, 7) is 10.3. The first-order valence-corrected chi connectivity index (χ1v) is 9.42. The Labute approximate surface area is 155 Å². The van der Waals surface area contributed by atoms with Crippen LogP contribution < -0.4 is 5.59 Å². The standard InChI is InChI=1S/C20H26BN3O2/c1-14-7-8-15-16(13-14)24(20(11-12-22)9-6-10-20)23-17(15)21-25-18(2,3)19(4,5)26-21/h7-8,13H,6,9-11H2,1-5H3. The molecule has 1 aromatic carbocycles. The monoisotopic (exact) mass is 351 g/mol. The van der Waals surface area contributed by atoms with Crippen molar-refractivity contribution in [2.24, 2.45) is 0 Å². The third-order valence-electron chi connectivity index (χ3n) is 6.48. The SMILES string of the molecule is Cc1ccc2c(B3OC(C)(C)C(C)(C)O3)nn(C3(CC#N)CCC3)c2c1. The largest absolute Gasteiger partial charge is 0.517 e. The summed E-state index contributed by atoms with van der Waals surface area (Å²) in [7, 11) is -0.495. The van der Waals surface area contributed by atoms with Crippen LogP contribution in [0.2, 0.25) is 0 Å². The molecular weight excluding hydrogens is 325 g/mol. The van der Waals surface area contributed by atoms with Gasteiger partial charge in [-0.15, -0.1) is 0 Å². The molecule has 0 N–H and O–H groups in total. The smallest absolute Gasteiger partial charge is 0.398 e. The van der Waals surface area contributed by atoms with E-state index < -0.39 is 18.3 Å². The number of nitriles is 1. The predicted octanol–water partition coefficient (Wildman–Crippen LogP) is 3.44. The first kappa shape index (κ1) is 17.6. The molecule has 0 amide bonds. The van der Waals surface area contributed by atoms with Crippen molar-refractivity contribution in [2.45, 2.75) is 77.0 Å². The van der Waals surface area contributed by atoms with Gasteiger partial charge in [-0.05, 0) is 65.5 Å². The van der Waals surface area contributed by atoms with E-state index in [0.717, 1.165) is 35.8 Å². The highest BCUT2D eigenvalue weighted by atomic mass is 16.7. The van der Waals surface area contributed by atoms with Crippen LogP contribution in [0.15, 0.2) is 18.2 Å². The van der Waals surface area contributed by atoms with Crippen LogP contribution in [0.3, 0.4) is 0 Å². The minimum atomic E-state index is -0.495. The summed E-state index contributed by atoms with van der Waals surface area (Å²) < 4.78 is 14.6. The van der Waals surface area contributed by atoms with Gasteiger partial charge in [0.05, 0.1) is 34.7 Å². The zero-order chi connectivity index (χ0) is 18.7. The lowest BCUT2D eigenvalue weighted by atomic mass is 9.74. The van der Waals surface area contributed by atoms with E-state index in [1.807, 2.05) is 0 Å². The third-order valence-corrected chi connectivity index (χ3v) is 6.48. The van der Waals surface area contributed by atoms with Gasteiger partial charge in [0, 0.05) is 5.39 Å². The van der Waals surface area contributed by atoms with Crippen LogP contribution in [0.25, 0.3) is 10.9 Å². The Morgan fingerprint density at radius 2 is 1.85 bits per heavy atom. The lowest BCUT2D eigenvalue weighted by Gasteiger charge is -2.40. The van der Waals surface area contributed by atoms with Crippen LogP contribution in [-0.4, -0.2) is 28.1 Å². The number of fused-ring (bicyclic) bond motifs is 1. The summed E-state index contributed by atoms with van der Waals surface area (Å²) in [5.74, 6) is 0. The van der Waals surface area contributed by atoms with Crippen molar-refractivity contribution in [1.82, 2.24) is 9.78 Å². The first-order valence-electron chi connectivity index (χ1n) is 9.42. The maximum Gasteiger partial charge on any atom is 0.517 e. The Bertz CT molecular complexity index is 890. The fourth-order valence-corrected chi connectivity index (χ4v) is 3.93. The van der Waals surface area contributed by atoms with Crippen molar-refractivity contribution in [1.29, 1.82) is 5.26 Å². The zero-order valence-electron chi connectivity index (χ0n) is 16.3. The summed E-state index contributed by atoms with van der Waals surface area (Å²) in [5.41, 5.74) is 2.08. The molecule has 1 saturated heterocycles. The Balaban J connectivity index is 1.86. The van der Waals surface area contributed by atoms with Crippen LogP contribution in [0.4, 0.5) is 0 Å². The van der Waals surface area contributed by atoms with Crippen LogP contribution in [0, 0.1) is 18.3 Å². The van der Waals surface area contributed by atoms with E-state index in [0.29, 0.717) is 6.42 Å². The highest BCUT2D eigenvalue weighted by molar-refractivity contribution is 6.64. The van der Waals surface area contributed by atoms with Gasteiger partial charge in [-0.25, -0.2) is 0 Å². The van der Waals surface area contributed by atoms with Gasteiger partial charge >= 0.3 is 7.12 Å². The Morgan fingerprint density at radius 3 is 2.38 bits per heavy atom. The van der Waals surface area contributed by atoms with Crippen molar-refractivity contribution in [3.63, 3.8) is 0 Å². The predicted molar refractivity (Wildman–Crippen MR) is 102 cm³/mol. The van der Waals surface area contributed by atoms with Crippen molar-refractivity contribution in [3.05, 3.63) is 23.8 Å². The molecule has 0 radical (unpaired) electrons. The molecular formula is C20H26BN3O2. The summed E-state index contributed by atoms with van der Waals surface area (Å²) in [4.78, 5) is 0. The lowest BCUT2D eigenvalue weighted by Crippen LogP contribution is -2.43. The van der Waals surface area contributed by atoms with Crippen molar-refractivity contribution in [2.75, 3.05) is 0 Å². The highest BCUT2D eigenvalue weighted by Gasteiger charge is 2.53. The Morgan fingerprint density at radius 1 is 1.19 bits per heavy atom. The van der Waals surface area contributed by atoms with Gasteiger partial charge in [0.15, 0.2) is 0 Å². The van der Waals surface area contributed by atoms with Crippen molar-refractivity contribution >= 4 is 23.6 Å². The molecule has 5 nitrogen and oxygen atoms in total. The van der Waals surface area contributed by atoms with E-state index in [4.69, 9.17) is 14.4 Å². The van der Waals surface area contributed by atoms with Crippen molar-refractivity contribution < 1.29 is 9.31 Å². The van der Waals surface area contributed by atoms with E-state index in [-0.39, 0.29) is 5.54 Å². The topological polar surface area (TPSA) is 60.1 Å². The number of benzene rings is 1. The van der Waals surface area contributed by atoms with Crippen LogP contribution in [0.5, 0.6) is 0 Å². The van der Waals surface area contributed by atoms with E-state index in [2.05, 4.69) is 63.6 Å². The number of hydrogen-bond acceptors (Lipinski definition) is 4. The summed E-state index contributed by atoms with van der Waals surface area (Å²) in [6.07, 6.45) is 3.61. The van der Waals surface area contributed by atoms with Gasteiger partial charge in [0.25, 0.3) is 0 Å². The summed E-state index contributed by atoms with van der Waals surface area (Å²) in [5, 5.41) is 15.4. The maximum atomic E-state index is 9.37. The minimum absolute atomic E-state index is 0.192. The summed E-state index contributed by atoms with van der Waals surface area (Å²) in [6, 6.07) is 8.73. The highest BCUT2D eigenvalue weighted by Crippen LogP contribution is 2.43. The van der Waals surface area contributed by atoms with Crippen LogP contribution >= 0.6 is 0 Å². The molecule has 0 bridgehead atoms. The zero-order valence-corrected chi connectivity index (χ0v) is 16.3. The van der Waals surface area contributed by atoms with Gasteiger partial charge in [-0.2, -0.15) is 10.4 Å². The molecule has 6 heteroatoms. The maximum absolute atomic E-state index is 9.37. The van der Waals surface area contributed by atoms with Gasteiger partial charge in [0.1, 0.15) is 5.59 Å². The molecule has 1 saturated carbocycles. The van der Waals surface area contributed by atoms with Crippen LogP contribution in [-0.2, 0) is 14.8 Å². The normalized spacial score (nSPS) is 23.0. The second kappa shape index (κ2) is 5.58. The molecule has 26 heavy (non-hydrogen) atoms. The average Bonchev–Trinajstić information content (AvgIpc) is 2.98. The molecule has 136 valence electrons. The Hall–Kier alpha value is -1.84. The molecule has 2 aliphatic rings. The van der Waals surface area contributed by atoms with E-state index in [1.165, 1.54) is 5.56 Å². The molecule has 1 aliphatic carbocycles. The number of aromatic nitrogens is 2. The number of aryl methyl sites for hydroxylation is 1. The summed E-state index contributed by atoms with van der Waals surface area (Å²) >= 11 is 0. The molecule has 1 aromatic heterocycles.